The zero-order valence-corrected chi connectivity index (χ0v) is 13.1. The zero-order chi connectivity index (χ0) is 15.3. The van der Waals surface area contributed by atoms with Gasteiger partial charge in [0, 0.05) is 13.1 Å². The summed E-state index contributed by atoms with van der Waals surface area (Å²) in [6.45, 7) is -0.145. The molecule has 0 radical (unpaired) electrons. The standard InChI is InChI=1S/C15H22N2O3S/c1-17(21(19,20)14-10-6-3-7-11-14)12-15(18)16-13-8-4-2-5-9-13/h3,6-7,10-11,13H,2,4-5,8-9,12H2,1H3,(H,16,18). The summed E-state index contributed by atoms with van der Waals surface area (Å²) < 4.78 is 25.7. The summed E-state index contributed by atoms with van der Waals surface area (Å²) in [6.07, 6.45) is 5.45. The molecule has 0 saturated heterocycles. The van der Waals surface area contributed by atoms with Gasteiger partial charge in [0.05, 0.1) is 11.4 Å². The number of hydrogen-bond acceptors (Lipinski definition) is 3. The largest absolute Gasteiger partial charge is 0.352 e. The maximum absolute atomic E-state index is 12.3. The summed E-state index contributed by atoms with van der Waals surface area (Å²) in [5.74, 6) is -0.232. The molecule has 0 unspecified atom stereocenters. The molecule has 1 aliphatic carbocycles. The third-order valence-corrected chi connectivity index (χ3v) is 5.61. The van der Waals surface area contributed by atoms with Crippen LogP contribution in [0.5, 0.6) is 0 Å². The van der Waals surface area contributed by atoms with E-state index in [1.165, 1.54) is 25.6 Å². The molecule has 1 fully saturated rings. The van der Waals surface area contributed by atoms with Gasteiger partial charge < -0.3 is 5.32 Å². The first kappa shape index (κ1) is 16.0. The van der Waals surface area contributed by atoms with Gasteiger partial charge in [0.1, 0.15) is 0 Å². The number of nitrogens with zero attached hydrogens (tertiary/aromatic N) is 1. The van der Waals surface area contributed by atoms with Crippen molar-refractivity contribution in [3.05, 3.63) is 30.3 Å². The third kappa shape index (κ3) is 4.28. The fourth-order valence-electron chi connectivity index (χ4n) is 2.58. The molecule has 0 atom stereocenters. The monoisotopic (exact) mass is 310 g/mol. The second-order valence-corrected chi connectivity index (χ2v) is 7.52. The van der Waals surface area contributed by atoms with Crippen molar-refractivity contribution in [2.45, 2.75) is 43.0 Å². The Morgan fingerprint density at radius 2 is 1.81 bits per heavy atom. The summed E-state index contributed by atoms with van der Waals surface area (Å²) >= 11 is 0. The Morgan fingerprint density at radius 3 is 2.43 bits per heavy atom. The minimum absolute atomic E-state index is 0.145. The Morgan fingerprint density at radius 1 is 1.19 bits per heavy atom. The van der Waals surface area contributed by atoms with Crippen LogP contribution in [0, 0.1) is 0 Å². The first-order valence-corrected chi connectivity index (χ1v) is 8.75. The molecule has 1 aliphatic rings. The number of carbonyl (C=O) groups excluding carboxylic acids is 1. The predicted molar refractivity (Wildman–Crippen MR) is 81.3 cm³/mol. The zero-order valence-electron chi connectivity index (χ0n) is 12.3. The first-order valence-electron chi connectivity index (χ1n) is 7.31. The maximum atomic E-state index is 12.3. The summed E-state index contributed by atoms with van der Waals surface area (Å²) in [4.78, 5) is 12.2. The van der Waals surface area contributed by atoms with Crippen LogP contribution in [0.2, 0.25) is 0 Å². The van der Waals surface area contributed by atoms with E-state index in [0.29, 0.717) is 0 Å². The van der Waals surface area contributed by atoms with Crippen LogP contribution in [0.1, 0.15) is 32.1 Å². The molecule has 116 valence electrons. The fraction of sp³-hybridized carbons (Fsp3) is 0.533. The molecule has 2 rings (SSSR count). The lowest BCUT2D eigenvalue weighted by Crippen LogP contribution is -2.43. The SMILES string of the molecule is CN(CC(=O)NC1CCCCC1)S(=O)(=O)c1ccccc1. The van der Waals surface area contributed by atoms with Gasteiger partial charge in [-0.05, 0) is 25.0 Å². The Hall–Kier alpha value is -1.40. The lowest BCUT2D eigenvalue weighted by Gasteiger charge is -2.24. The van der Waals surface area contributed by atoms with Crippen molar-refractivity contribution in [3.63, 3.8) is 0 Å². The molecule has 0 bridgehead atoms. The van der Waals surface area contributed by atoms with E-state index < -0.39 is 10.0 Å². The van der Waals surface area contributed by atoms with E-state index in [2.05, 4.69) is 5.32 Å². The highest BCUT2D eigenvalue weighted by Gasteiger charge is 2.24. The van der Waals surface area contributed by atoms with Crippen molar-refractivity contribution in [2.75, 3.05) is 13.6 Å². The molecule has 0 aromatic heterocycles. The van der Waals surface area contributed by atoms with Crippen LogP contribution < -0.4 is 5.32 Å². The smallest absolute Gasteiger partial charge is 0.243 e. The topological polar surface area (TPSA) is 66.5 Å². The number of likely N-dealkylation sites (N-methyl/N-ethyl adjacent to an activating group) is 1. The summed E-state index contributed by atoms with van der Waals surface area (Å²) in [7, 11) is -2.17. The van der Waals surface area contributed by atoms with Crippen molar-refractivity contribution in [1.29, 1.82) is 0 Å². The average Bonchev–Trinajstić information content (AvgIpc) is 2.49. The molecule has 6 heteroatoms. The van der Waals surface area contributed by atoms with Crippen LogP contribution in [-0.4, -0.2) is 38.3 Å². The Balaban J connectivity index is 1.94. The highest BCUT2D eigenvalue weighted by Crippen LogP contribution is 2.17. The molecular weight excluding hydrogens is 288 g/mol. The molecule has 1 amide bonds. The van der Waals surface area contributed by atoms with Crippen LogP contribution in [0.3, 0.4) is 0 Å². The minimum atomic E-state index is -3.60. The van der Waals surface area contributed by atoms with Gasteiger partial charge >= 0.3 is 0 Å². The minimum Gasteiger partial charge on any atom is -0.352 e. The van der Waals surface area contributed by atoms with Crippen molar-refractivity contribution < 1.29 is 13.2 Å². The van der Waals surface area contributed by atoms with E-state index in [1.54, 1.807) is 18.2 Å². The molecular formula is C15H22N2O3S. The lowest BCUT2D eigenvalue weighted by molar-refractivity contribution is -0.122. The lowest BCUT2D eigenvalue weighted by atomic mass is 9.95. The van der Waals surface area contributed by atoms with Gasteiger partial charge in [0.25, 0.3) is 0 Å². The number of rotatable bonds is 5. The van der Waals surface area contributed by atoms with Gasteiger partial charge in [-0.1, -0.05) is 37.5 Å². The summed E-state index contributed by atoms with van der Waals surface area (Å²) in [6, 6.07) is 8.36. The number of amides is 1. The van der Waals surface area contributed by atoms with Crippen molar-refractivity contribution in [2.24, 2.45) is 0 Å². The van der Waals surface area contributed by atoms with E-state index in [0.717, 1.165) is 30.0 Å². The van der Waals surface area contributed by atoms with E-state index in [4.69, 9.17) is 0 Å². The van der Waals surface area contributed by atoms with E-state index >= 15 is 0 Å². The van der Waals surface area contributed by atoms with Gasteiger partial charge in [0.2, 0.25) is 15.9 Å². The van der Waals surface area contributed by atoms with E-state index in [1.807, 2.05) is 0 Å². The van der Waals surface area contributed by atoms with Gasteiger partial charge in [0.15, 0.2) is 0 Å². The molecule has 1 saturated carbocycles. The Labute approximate surface area is 126 Å². The second kappa shape index (κ2) is 7.04. The number of nitrogens with one attached hydrogen (secondary N) is 1. The summed E-state index contributed by atoms with van der Waals surface area (Å²) in [5, 5.41) is 2.93. The molecule has 1 aromatic rings. The second-order valence-electron chi connectivity index (χ2n) is 5.48. The summed E-state index contributed by atoms with van der Waals surface area (Å²) in [5.41, 5.74) is 0. The Kier molecular flexibility index (Phi) is 5.36. The molecule has 5 nitrogen and oxygen atoms in total. The van der Waals surface area contributed by atoms with E-state index in [-0.39, 0.29) is 23.4 Å². The predicted octanol–water partition coefficient (Wildman–Crippen LogP) is 1.76. The van der Waals surface area contributed by atoms with Gasteiger partial charge in [-0.15, -0.1) is 0 Å². The molecule has 0 aliphatic heterocycles. The number of benzene rings is 1. The highest BCUT2D eigenvalue weighted by molar-refractivity contribution is 7.89. The number of sulfonamides is 1. The fourth-order valence-corrected chi connectivity index (χ4v) is 3.73. The Bertz CT molecular complexity index is 566. The first-order chi connectivity index (χ1) is 10.00. The van der Waals surface area contributed by atoms with Crippen molar-refractivity contribution in [1.82, 2.24) is 9.62 Å². The average molecular weight is 310 g/mol. The normalized spacial score (nSPS) is 16.9. The van der Waals surface area contributed by atoms with E-state index in [9.17, 15) is 13.2 Å². The van der Waals surface area contributed by atoms with Gasteiger partial charge in [-0.3, -0.25) is 4.79 Å². The molecule has 1 aromatic carbocycles. The molecule has 0 heterocycles. The van der Waals surface area contributed by atoms with Crippen LogP contribution in [0.25, 0.3) is 0 Å². The van der Waals surface area contributed by atoms with Gasteiger partial charge in [-0.25, -0.2) is 8.42 Å². The van der Waals surface area contributed by atoms with Crippen LogP contribution in [0.15, 0.2) is 35.2 Å². The van der Waals surface area contributed by atoms with Crippen molar-refractivity contribution in [3.8, 4) is 0 Å². The molecule has 21 heavy (non-hydrogen) atoms. The van der Waals surface area contributed by atoms with Gasteiger partial charge in [-0.2, -0.15) is 4.31 Å². The van der Waals surface area contributed by atoms with Crippen LogP contribution >= 0.6 is 0 Å². The maximum Gasteiger partial charge on any atom is 0.243 e. The third-order valence-electron chi connectivity index (χ3n) is 3.79. The molecule has 0 spiro atoms. The van der Waals surface area contributed by atoms with Crippen LogP contribution in [-0.2, 0) is 14.8 Å². The highest BCUT2D eigenvalue weighted by atomic mass is 32.2. The van der Waals surface area contributed by atoms with Crippen molar-refractivity contribution >= 4 is 15.9 Å². The molecule has 1 N–H and O–H groups in total. The quantitative estimate of drug-likeness (QED) is 0.901. The number of carbonyl (C=O) groups is 1. The van der Waals surface area contributed by atoms with Crippen LogP contribution in [0.4, 0.5) is 0 Å². The number of hydrogen-bond donors (Lipinski definition) is 1.